The average molecular weight is 398 g/mol. The summed E-state index contributed by atoms with van der Waals surface area (Å²) in [4.78, 5) is 31.9. The smallest absolute Gasteiger partial charge is 0.253 e. The predicted molar refractivity (Wildman–Crippen MR) is 115 cm³/mol. The second kappa shape index (κ2) is 8.86. The van der Waals surface area contributed by atoms with Crippen LogP contribution in [-0.4, -0.2) is 72.3 Å². The van der Waals surface area contributed by atoms with Crippen molar-refractivity contribution in [2.75, 3.05) is 45.8 Å². The standard InChI is InChI=1S/C24H35N3O2/c1-18-13-19(2)16-27(15-18)23(28)17-25-9-11-26(12-10-25)24(29)22-8-7-20-5-3-4-6-21(20)14-22/h7-8,14,18-19H,3-6,9-13,15-17H2,1-2H3. The number of nitrogens with zero attached hydrogens (tertiary/aromatic N) is 3. The first kappa shape index (κ1) is 20.4. The fourth-order valence-electron chi connectivity index (χ4n) is 5.32. The molecule has 5 nitrogen and oxygen atoms in total. The summed E-state index contributed by atoms with van der Waals surface area (Å²) in [6.45, 7) is 9.71. The van der Waals surface area contributed by atoms with Crippen LogP contribution >= 0.6 is 0 Å². The van der Waals surface area contributed by atoms with Crippen LogP contribution in [0.1, 0.15) is 54.6 Å². The molecule has 29 heavy (non-hydrogen) atoms. The van der Waals surface area contributed by atoms with Crippen LogP contribution in [0.15, 0.2) is 18.2 Å². The van der Waals surface area contributed by atoms with E-state index in [9.17, 15) is 9.59 Å². The molecule has 1 aromatic carbocycles. The van der Waals surface area contributed by atoms with Crippen LogP contribution < -0.4 is 0 Å². The Morgan fingerprint density at radius 2 is 1.55 bits per heavy atom. The van der Waals surface area contributed by atoms with Crippen molar-refractivity contribution in [2.45, 2.75) is 46.0 Å². The van der Waals surface area contributed by atoms with Gasteiger partial charge in [0.15, 0.2) is 0 Å². The monoisotopic (exact) mass is 397 g/mol. The summed E-state index contributed by atoms with van der Waals surface area (Å²) in [5, 5.41) is 0. The fourth-order valence-corrected chi connectivity index (χ4v) is 5.32. The molecule has 2 heterocycles. The van der Waals surface area contributed by atoms with E-state index in [4.69, 9.17) is 0 Å². The SMILES string of the molecule is CC1CC(C)CN(C(=O)CN2CCN(C(=O)c3ccc4c(c3)CCCC4)CC2)C1. The molecule has 0 saturated carbocycles. The van der Waals surface area contributed by atoms with Crippen LogP contribution in [-0.2, 0) is 17.6 Å². The molecule has 0 N–H and O–H groups in total. The van der Waals surface area contributed by atoms with E-state index in [1.54, 1.807) is 0 Å². The Balaban J connectivity index is 1.29. The molecule has 2 amide bonds. The van der Waals surface area contributed by atoms with Gasteiger partial charge in [-0.1, -0.05) is 19.9 Å². The van der Waals surface area contributed by atoms with Gasteiger partial charge in [-0.25, -0.2) is 0 Å². The third-order valence-corrected chi connectivity index (χ3v) is 6.84. The molecule has 5 heteroatoms. The number of benzene rings is 1. The van der Waals surface area contributed by atoms with Crippen molar-refractivity contribution < 1.29 is 9.59 Å². The summed E-state index contributed by atoms with van der Waals surface area (Å²) in [5.74, 6) is 1.57. The molecular weight excluding hydrogens is 362 g/mol. The Morgan fingerprint density at radius 3 is 2.24 bits per heavy atom. The van der Waals surface area contributed by atoms with Gasteiger partial charge in [0, 0.05) is 44.8 Å². The Bertz CT molecular complexity index is 744. The Labute approximate surface area is 175 Å². The van der Waals surface area contributed by atoms with Crippen molar-refractivity contribution in [3.8, 4) is 0 Å². The molecule has 0 spiro atoms. The molecule has 0 radical (unpaired) electrons. The van der Waals surface area contributed by atoms with E-state index in [0.29, 0.717) is 31.5 Å². The lowest BCUT2D eigenvalue weighted by Gasteiger charge is -2.38. The number of piperidine rings is 1. The number of amides is 2. The van der Waals surface area contributed by atoms with Crippen molar-refractivity contribution in [2.24, 2.45) is 11.8 Å². The second-order valence-electron chi connectivity index (χ2n) is 9.50. The van der Waals surface area contributed by atoms with Crippen LogP contribution in [0, 0.1) is 11.8 Å². The summed E-state index contributed by atoms with van der Waals surface area (Å²) in [6, 6.07) is 6.27. The number of hydrogen-bond acceptors (Lipinski definition) is 3. The molecule has 2 atom stereocenters. The molecule has 4 rings (SSSR count). The number of aryl methyl sites for hydroxylation is 2. The quantitative estimate of drug-likeness (QED) is 0.788. The number of piperazine rings is 1. The molecule has 2 unspecified atom stereocenters. The number of rotatable bonds is 3. The third-order valence-electron chi connectivity index (χ3n) is 6.84. The summed E-state index contributed by atoms with van der Waals surface area (Å²) in [7, 11) is 0. The number of likely N-dealkylation sites (tertiary alicyclic amines) is 1. The number of fused-ring (bicyclic) bond motifs is 1. The summed E-state index contributed by atoms with van der Waals surface area (Å²) < 4.78 is 0. The molecule has 2 saturated heterocycles. The molecule has 0 bridgehead atoms. The van der Waals surface area contributed by atoms with E-state index in [0.717, 1.165) is 44.6 Å². The minimum absolute atomic E-state index is 0.142. The van der Waals surface area contributed by atoms with Crippen molar-refractivity contribution >= 4 is 11.8 Å². The minimum atomic E-state index is 0.142. The maximum atomic E-state index is 13.0. The van der Waals surface area contributed by atoms with Crippen molar-refractivity contribution in [1.82, 2.24) is 14.7 Å². The Morgan fingerprint density at radius 1 is 0.897 bits per heavy atom. The van der Waals surface area contributed by atoms with Gasteiger partial charge in [-0.3, -0.25) is 14.5 Å². The maximum absolute atomic E-state index is 13.0. The first-order chi connectivity index (χ1) is 14.0. The molecule has 2 aliphatic heterocycles. The van der Waals surface area contributed by atoms with E-state index in [1.807, 2.05) is 15.9 Å². The van der Waals surface area contributed by atoms with Gasteiger partial charge in [-0.2, -0.15) is 0 Å². The molecule has 3 aliphatic rings. The number of carbonyl (C=O) groups excluding carboxylic acids is 2. The maximum Gasteiger partial charge on any atom is 0.253 e. The third kappa shape index (κ3) is 4.82. The van der Waals surface area contributed by atoms with E-state index in [2.05, 4.69) is 30.9 Å². The van der Waals surface area contributed by atoms with E-state index in [-0.39, 0.29) is 11.8 Å². The van der Waals surface area contributed by atoms with Crippen LogP contribution in [0.5, 0.6) is 0 Å². The highest BCUT2D eigenvalue weighted by atomic mass is 16.2. The zero-order valence-corrected chi connectivity index (χ0v) is 18.0. The summed E-state index contributed by atoms with van der Waals surface area (Å²) in [5.41, 5.74) is 3.60. The first-order valence-corrected chi connectivity index (χ1v) is 11.4. The predicted octanol–water partition coefficient (Wildman–Crippen LogP) is 2.83. The van der Waals surface area contributed by atoms with Crippen molar-refractivity contribution in [3.63, 3.8) is 0 Å². The Hall–Kier alpha value is -1.88. The van der Waals surface area contributed by atoms with Gasteiger partial charge >= 0.3 is 0 Å². The number of hydrogen-bond donors (Lipinski definition) is 0. The molecule has 2 fully saturated rings. The van der Waals surface area contributed by atoms with Crippen LogP contribution in [0.3, 0.4) is 0 Å². The molecule has 1 aliphatic carbocycles. The molecule has 1 aromatic rings. The number of carbonyl (C=O) groups is 2. The van der Waals surface area contributed by atoms with Gasteiger partial charge < -0.3 is 9.80 Å². The molecular formula is C24H35N3O2. The van der Waals surface area contributed by atoms with Gasteiger partial charge in [0.25, 0.3) is 5.91 Å². The largest absolute Gasteiger partial charge is 0.341 e. The second-order valence-corrected chi connectivity index (χ2v) is 9.50. The van der Waals surface area contributed by atoms with Gasteiger partial charge in [-0.05, 0) is 67.2 Å². The van der Waals surface area contributed by atoms with Gasteiger partial charge in [0.2, 0.25) is 5.91 Å². The van der Waals surface area contributed by atoms with Gasteiger partial charge in [-0.15, -0.1) is 0 Å². The van der Waals surface area contributed by atoms with Crippen LogP contribution in [0.25, 0.3) is 0 Å². The Kier molecular flexibility index (Phi) is 6.23. The minimum Gasteiger partial charge on any atom is -0.341 e. The fraction of sp³-hybridized carbons (Fsp3) is 0.667. The van der Waals surface area contributed by atoms with Crippen LogP contribution in [0.4, 0.5) is 0 Å². The lowest BCUT2D eigenvalue weighted by molar-refractivity contribution is -0.135. The van der Waals surface area contributed by atoms with Crippen molar-refractivity contribution in [3.05, 3.63) is 34.9 Å². The highest BCUT2D eigenvalue weighted by molar-refractivity contribution is 5.94. The lowest BCUT2D eigenvalue weighted by atomic mass is 9.90. The lowest BCUT2D eigenvalue weighted by Crippen LogP contribution is -2.53. The van der Waals surface area contributed by atoms with Crippen molar-refractivity contribution in [1.29, 1.82) is 0 Å². The average Bonchev–Trinajstić information content (AvgIpc) is 2.72. The highest BCUT2D eigenvalue weighted by Crippen LogP contribution is 2.23. The zero-order valence-electron chi connectivity index (χ0n) is 18.0. The molecule has 0 aromatic heterocycles. The van der Waals surface area contributed by atoms with E-state index < -0.39 is 0 Å². The first-order valence-electron chi connectivity index (χ1n) is 11.4. The summed E-state index contributed by atoms with van der Waals surface area (Å²) in [6.07, 6.45) is 5.95. The van der Waals surface area contributed by atoms with E-state index >= 15 is 0 Å². The van der Waals surface area contributed by atoms with Crippen LogP contribution in [0.2, 0.25) is 0 Å². The summed E-state index contributed by atoms with van der Waals surface area (Å²) >= 11 is 0. The molecule has 158 valence electrons. The van der Waals surface area contributed by atoms with E-state index in [1.165, 1.54) is 30.4 Å². The zero-order chi connectivity index (χ0) is 20.4. The highest BCUT2D eigenvalue weighted by Gasteiger charge is 2.28. The topological polar surface area (TPSA) is 43.9 Å². The van der Waals surface area contributed by atoms with Gasteiger partial charge in [0.05, 0.1) is 6.54 Å². The van der Waals surface area contributed by atoms with Gasteiger partial charge in [0.1, 0.15) is 0 Å². The normalized spacial score (nSPS) is 25.6.